The van der Waals surface area contributed by atoms with Crippen LogP contribution >= 0.6 is 0 Å². The normalized spacial score (nSPS) is 15.0. The SMILES string of the molecule is CCN(CC)C(=O)N1CCC(C(=O)Nc2cccc(OC)c2)CC1. The van der Waals surface area contributed by atoms with Crippen molar-refractivity contribution in [3.8, 4) is 5.75 Å². The van der Waals surface area contributed by atoms with E-state index >= 15 is 0 Å². The second-order valence-corrected chi connectivity index (χ2v) is 5.94. The minimum atomic E-state index is -0.0584. The lowest BCUT2D eigenvalue weighted by molar-refractivity contribution is -0.121. The molecule has 0 spiro atoms. The fraction of sp³-hybridized carbons (Fsp3) is 0.556. The second-order valence-electron chi connectivity index (χ2n) is 5.94. The smallest absolute Gasteiger partial charge is 0.319 e. The van der Waals surface area contributed by atoms with Crippen molar-refractivity contribution >= 4 is 17.6 Å². The van der Waals surface area contributed by atoms with Crippen LogP contribution in [0.2, 0.25) is 0 Å². The van der Waals surface area contributed by atoms with Crippen LogP contribution in [0.3, 0.4) is 0 Å². The van der Waals surface area contributed by atoms with Gasteiger partial charge in [-0.25, -0.2) is 4.79 Å². The maximum absolute atomic E-state index is 12.4. The Morgan fingerprint density at radius 2 is 1.92 bits per heavy atom. The van der Waals surface area contributed by atoms with Crippen molar-refractivity contribution in [3.05, 3.63) is 24.3 Å². The number of nitrogens with one attached hydrogen (secondary N) is 1. The van der Waals surface area contributed by atoms with Crippen LogP contribution in [0.5, 0.6) is 5.75 Å². The predicted octanol–water partition coefficient (Wildman–Crippen LogP) is 2.81. The maximum atomic E-state index is 12.4. The molecule has 3 amide bonds. The lowest BCUT2D eigenvalue weighted by Crippen LogP contribution is -2.47. The summed E-state index contributed by atoms with van der Waals surface area (Å²) in [4.78, 5) is 28.4. The largest absolute Gasteiger partial charge is 0.497 e. The monoisotopic (exact) mass is 333 g/mol. The second kappa shape index (κ2) is 8.57. The Morgan fingerprint density at radius 1 is 1.25 bits per heavy atom. The number of piperidine rings is 1. The van der Waals surface area contributed by atoms with E-state index in [9.17, 15) is 9.59 Å². The summed E-state index contributed by atoms with van der Waals surface area (Å²) in [6.07, 6.45) is 1.39. The van der Waals surface area contributed by atoms with Crippen molar-refractivity contribution in [1.29, 1.82) is 0 Å². The van der Waals surface area contributed by atoms with Crippen LogP contribution in [0.25, 0.3) is 0 Å². The molecule has 1 aliphatic rings. The van der Waals surface area contributed by atoms with E-state index in [0.717, 1.165) is 5.69 Å². The molecule has 0 unspecified atom stereocenters. The third-order valence-electron chi connectivity index (χ3n) is 4.51. The molecule has 24 heavy (non-hydrogen) atoms. The van der Waals surface area contributed by atoms with Crippen LogP contribution < -0.4 is 10.1 Å². The summed E-state index contributed by atoms with van der Waals surface area (Å²) in [5.74, 6) is 0.669. The van der Waals surface area contributed by atoms with Gasteiger partial charge in [-0.2, -0.15) is 0 Å². The van der Waals surface area contributed by atoms with Crippen LogP contribution in [-0.2, 0) is 4.79 Å². The van der Waals surface area contributed by atoms with Crippen molar-refractivity contribution in [3.63, 3.8) is 0 Å². The number of urea groups is 1. The molecule has 6 nitrogen and oxygen atoms in total. The molecule has 1 aromatic carbocycles. The highest BCUT2D eigenvalue weighted by Crippen LogP contribution is 2.22. The van der Waals surface area contributed by atoms with E-state index in [-0.39, 0.29) is 17.9 Å². The molecule has 0 aliphatic carbocycles. The predicted molar refractivity (Wildman–Crippen MR) is 94.2 cm³/mol. The van der Waals surface area contributed by atoms with Crippen LogP contribution in [0.1, 0.15) is 26.7 Å². The molecule has 0 aromatic heterocycles. The van der Waals surface area contributed by atoms with Crippen molar-refractivity contribution in [2.24, 2.45) is 5.92 Å². The number of ether oxygens (including phenoxy) is 1. The maximum Gasteiger partial charge on any atom is 0.319 e. The number of carbonyl (C=O) groups excluding carboxylic acids is 2. The molecule has 1 aromatic rings. The first-order valence-corrected chi connectivity index (χ1v) is 8.57. The van der Waals surface area contributed by atoms with Crippen molar-refractivity contribution in [2.75, 3.05) is 38.6 Å². The summed E-state index contributed by atoms with van der Waals surface area (Å²) in [6.45, 7) is 6.65. The van der Waals surface area contributed by atoms with E-state index in [1.807, 2.05) is 41.8 Å². The highest BCUT2D eigenvalue weighted by Gasteiger charge is 2.28. The average Bonchev–Trinajstić information content (AvgIpc) is 2.63. The molecular formula is C18H27N3O3. The first-order valence-electron chi connectivity index (χ1n) is 8.57. The Kier molecular flexibility index (Phi) is 6.46. The minimum absolute atomic E-state index is 0.0122. The van der Waals surface area contributed by atoms with Crippen molar-refractivity contribution < 1.29 is 14.3 Å². The van der Waals surface area contributed by atoms with Gasteiger partial charge in [0.1, 0.15) is 5.75 Å². The van der Waals surface area contributed by atoms with Gasteiger partial charge >= 0.3 is 6.03 Å². The van der Waals surface area contributed by atoms with Gasteiger partial charge in [-0.15, -0.1) is 0 Å². The molecule has 0 radical (unpaired) electrons. The van der Waals surface area contributed by atoms with E-state index in [2.05, 4.69) is 5.32 Å². The van der Waals surface area contributed by atoms with Crippen LogP contribution in [0.4, 0.5) is 10.5 Å². The van der Waals surface area contributed by atoms with Crippen LogP contribution in [0, 0.1) is 5.92 Å². The average molecular weight is 333 g/mol. The molecular weight excluding hydrogens is 306 g/mol. The number of methoxy groups -OCH3 is 1. The molecule has 132 valence electrons. The van der Waals surface area contributed by atoms with Gasteiger partial charge in [0.15, 0.2) is 0 Å². The number of benzene rings is 1. The summed E-state index contributed by atoms with van der Waals surface area (Å²) in [5.41, 5.74) is 0.737. The molecule has 0 atom stereocenters. The van der Waals surface area contributed by atoms with E-state index in [0.29, 0.717) is 44.8 Å². The van der Waals surface area contributed by atoms with Gasteiger partial charge in [-0.05, 0) is 38.8 Å². The van der Waals surface area contributed by atoms with Gasteiger partial charge in [-0.1, -0.05) is 6.07 Å². The first kappa shape index (κ1) is 18.1. The molecule has 0 saturated carbocycles. The van der Waals surface area contributed by atoms with Gasteiger partial charge in [0, 0.05) is 43.9 Å². The molecule has 1 saturated heterocycles. The Hall–Kier alpha value is -2.24. The molecule has 1 aliphatic heterocycles. The quantitative estimate of drug-likeness (QED) is 0.901. The zero-order chi connectivity index (χ0) is 17.5. The Balaban J connectivity index is 1.87. The fourth-order valence-electron chi connectivity index (χ4n) is 2.97. The first-order chi connectivity index (χ1) is 11.6. The van der Waals surface area contributed by atoms with Gasteiger partial charge in [0.25, 0.3) is 0 Å². The molecule has 2 rings (SSSR count). The van der Waals surface area contributed by atoms with Crippen LogP contribution in [0.15, 0.2) is 24.3 Å². The summed E-state index contributed by atoms with van der Waals surface area (Å²) < 4.78 is 5.17. The van der Waals surface area contributed by atoms with E-state index in [1.54, 1.807) is 13.2 Å². The van der Waals surface area contributed by atoms with E-state index < -0.39 is 0 Å². The van der Waals surface area contributed by atoms with Crippen LogP contribution in [-0.4, -0.2) is 55.0 Å². The Morgan fingerprint density at radius 3 is 2.50 bits per heavy atom. The highest BCUT2D eigenvalue weighted by molar-refractivity contribution is 5.92. The third kappa shape index (κ3) is 4.40. The summed E-state index contributed by atoms with van der Waals surface area (Å²) in [6, 6.07) is 7.41. The fourth-order valence-corrected chi connectivity index (χ4v) is 2.97. The third-order valence-corrected chi connectivity index (χ3v) is 4.51. The number of nitrogens with zero attached hydrogens (tertiary/aromatic N) is 2. The van der Waals surface area contributed by atoms with E-state index in [1.165, 1.54) is 0 Å². The molecule has 1 fully saturated rings. The minimum Gasteiger partial charge on any atom is -0.497 e. The summed E-state index contributed by atoms with van der Waals surface area (Å²) >= 11 is 0. The number of likely N-dealkylation sites (tertiary alicyclic amines) is 1. The van der Waals surface area contributed by atoms with Crippen molar-refractivity contribution in [2.45, 2.75) is 26.7 Å². The lowest BCUT2D eigenvalue weighted by atomic mass is 9.96. The standard InChI is InChI=1S/C18H27N3O3/c1-4-20(5-2)18(23)21-11-9-14(10-12-21)17(22)19-15-7-6-8-16(13-15)24-3/h6-8,13-14H,4-5,9-12H2,1-3H3,(H,19,22). The number of amides is 3. The summed E-state index contributed by atoms with van der Waals surface area (Å²) in [5, 5.41) is 2.94. The number of anilines is 1. The highest BCUT2D eigenvalue weighted by atomic mass is 16.5. The topological polar surface area (TPSA) is 61.9 Å². The molecule has 1 N–H and O–H groups in total. The Labute approximate surface area is 143 Å². The van der Waals surface area contributed by atoms with Gasteiger partial charge in [0.05, 0.1) is 7.11 Å². The Bertz CT molecular complexity index is 564. The van der Waals surface area contributed by atoms with Gasteiger partial charge in [-0.3, -0.25) is 4.79 Å². The zero-order valence-corrected chi connectivity index (χ0v) is 14.7. The lowest BCUT2D eigenvalue weighted by Gasteiger charge is -2.34. The number of rotatable bonds is 5. The van der Waals surface area contributed by atoms with E-state index in [4.69, 9.17) is 4.74 Å². The van der Waals surface area contributed by atoms with Gasteiger partial charge in [0.2, 0.25) is 5.91 Å². The summed E-state index contributed by atoms with van der Waals surface area (Å²) in [7, 11) is 1.60. The molecule has 0 bridgehead atoms. The number of hydrogen-bond acceptors (Lipinski definition) is 3. The zero-order valence-electron chi connectivity index (χ0n) is 14.7. The molecule has 6 heteroatoms. The molecule has 1 heterocycles. The number of carbonyl (C=O) groups is 2. The number of hydrogen-bond donors (Lipinski definition) is 1. The van der Waals surface area contributed by atoms with Gasteiger partial charge < -0.3 is 19.9 Å². The van der Waals surface area contributed by atoms with Crippen molar-refractivity contribution in [1.82, 2.24) is 9.80 Å².